The van der Waals surface area contributed by atoms with E-state index in [4.69, 9.17) is 26.2 Å². The van der Waals surface area contributed by atoms with E-state index < -0.39 is 5.54 Å². The van der Waals surface area contributed by atoms with Crippen molar-refractivity contribution >= 4 is 17.3 Å². The summed E-state index contributed by atoms with van der Waals surface area (Å²) in [4.78, 5) is 21.3. The van der Waals surface area contributed by atoms with Crippen molar-refractivity contribution in [3.63, 3.8) is 0 Å². The van der Waals surface area contributed by atoms with Gasteiger partial charge in [0.05, 0.1) is 35.1 Å². The minimum absolute atomic E-state index is 0.123. The monoisotopic (exact) mass is 611 g/mol. The Labute approximate surface area is 264 Å². The van der Waals surface area contributed by atoms with Crippen LogP contribution in [0.5, 0.6) is 6.01 Å². The second kappa shape index (κ2) is 11.1. The highest BCUT2D eigenvalue weighted by molar-refractivity contribution is 5.64. The number of nitriles is 1. The predicted octanol–water partition coefficient (Wildman–Crippen LogP) is 4.33. The number of nitrogens with two attached hydrogens (primary N) is 2. The van der Waals surface area contributed by atoms with E-state index in [9.17, 15) is 5.26 Å². The van der Waals surface area contributed by atoms with Gasteiger partial charge in [0.25, 0.3) is 0 Å². The van der Waals surface area contributed by atoms with Crippen molar-refractivity contribution in [3.8, 4) is 12.1 Å². The Morgan fingerprint density at radius 1 is 1.18 bits per heavy atom. The number of likely N-dealkylation sites (N-methyl/N-ethyl adjacent to an activating group) is 1. The van der Waals surface area contributed by atoms with Crippen LogP contribution in [0.1, 0.15) is 78.6 Å². The molecule has 2 aromatic heterocycles. The van der Waals surface area contributed by atoms with Crippen molar-refractivity contribution in [2.24, 2.45) is 5.41 Å². The zero-order valence-electron chi connectivity index (χ0n) is 26.4. The molecule has 236 valence electrons. The third-order valence-electron chi connectivity index (χ3n) is 10.9. The van der Waals surface area contributed by atoms with Crippen LogP contribution in [0.3, 0.4) is 0 Å². The lowest BCUT2D eigenvalue weighted by molar-refractivity contribution is 0.0710. The first kappa shape index (κ1) is 29.7. The number of hydrogen-bond acceptors (Lipinski definition) is 10. The van der Waals surface area contributed by atoms with Crippen LogP contribution < -0.4 is 21.1 Å². The summed E-state index contributed by atoms with van der Waals surface area (Å²) >= 11 is 0. The standard InChI is InChI=1S/C34H42FN9O/c1-21(22-8-5-12-39-30(22)38)43(3)31-25-18-42(2)34(9-4-7-23-26(35)15-27(37)24(17-36)29(23)34)16-28(25)40-32(41-31)45-20-33(10-11-33)19-44-13-6-14-44/h5,8,12,15,21H,4,6-7,9-11,13-14,16,18-20,37H2,1-3H3,(H2,38,39)/t21-,34+/m1/s1. The van der Waals surface area contributed by atoms with Crippen LogP contribution >= 0.6 is 0 Å². The molecule has 45 heavy (non-hydrogen) atoms. The normalized spacial score (nSPS) is 22.6. The van der Waals surface area contributed by atoms with Crippen molar-refractivity contribution in [2.45, 2.75) is 70.0 Å². The molecule has 4 aliphatic rings. The van der Waals surface area contributed by atoms with Crippen LogP contribution in [0.15, 0.2) is 24.4 Å². The first-order chi connectivity index (χ1) is 21.6. The molecule has 1 saturated heterocycles. The largest absolute Gasteiger partial charge is 0.463 e. The van der Waals surface area contributed by atoms with Crippen molar-refractivity contribution < 1.29 is 9.13 Å². The maximum absolute atomic E-state index is 15.4. The molecule has 0 bridgehead atoms. The Morgan fingerprint density at radius 2 is 1.98 bits per heavy atom. The van der Waals surface area contributed by atoms with Crippen LogP contribution in [-0.2, 0) is 24.9 Å². The van der Waals surface area contributed by atoms with Gasteiger partial charge in [-0.1, -0.05) is 6.07 Å². The third kappa shape index (κ3) is 5.04. The molecule has 2 fully saturated rings. The molecular weight excluding hydrogens is 569 g/mol. The molecular formula is C34H42FN9O. The van der Waals surface area contributed by atoms with Crippen molar-refractivity contribution in [1.82, 2.24) is 24.8 Å². The van der Waals surface area contributed by atoms with E-state index in [0.717, 1.165) is 68.0 Å². The summed E-state index contributed by atoms with van der Waals surface area (Å²) in [6.45, 7) is 6.55. The molecule has 2 atom stereocenters. The van der Waals surface area contributed by atoms with Crippen LogP contribution in [0, 0.1) is 22.6 Å². The van der Waals surface area contributed by atoms with Gasteiger partial charge >= 0.3 is 6.01 Å². The van der Waals surface area contributed by atoms with E-state index in [-0.39, 0.29) is 23.0 Å². The summed E-state index contributed by atoms with van der Waals surface area (Å²) in [7, 11) is 4.06. The molecule has 1 aromatic carbocycles. The molecule has 3 aromatic rings. The topological polar surface area (TPSA) is 133 Å². The Morgan fingerprint density at radius 3 is 2.67 bits per heavy atom. The van der Waals surface area contributed by atoms with E-state index in [1.54, 1.807) is 6.20 Å². The van der Waals surface area contributed by atoms with Gasteiger partial charge in [-0.05, 0) is 88.8 Å². The maximum Gasteiger partial charge on any atom is 0.318 e. The summed E-state index contributed by atoms with van der Waals surface area (Å²) in [5, 5.41) is 10.2. The molecule has 0 amide bonds. The lowest BCUT2D eigenvalue weighted by Crippen LogP contribution is -2.51. The zero-order chi connectivity index (χ0) is 31.5. The molecule has 7 rings (SSSR count). The quantitative estimate of drug-likeness (QED) is 0.355. The zero-order valence-corrected chi connectivity index (χ0v) is 26.4. The Balaban J connectivity index is 1.30. The van der Waals surface area contributed by atoms with Crippen molar-refractivity contribution in [1.29, 1.82) is 5.26 Å². The third-order valence-corrected chi connectivity index (χ3v) is 10.9. The Bertz CT molecular complexity index is 1680. The summed E-state index contributed by atoms with van der Waals surface area (Å²) in [5.41, 5.74) is 16.7. The van der Waals surface area contributed by atoms with Gasteiger partial charge in [0, 0.05) is 49.3 Å². The van der Waals surface area contributed by atoms with Gasteiger partial charge in [-0.3, -0.25) is 4.90 Å². The number of hydrogen-bond donors (Lipinski definition) is 2. The number of nitrogens with zero attached hydrogens (tertiary/aromatic N) is 7. The van der Waals surface area contributed by atoms with Crippen LogP contribution in [0.4, 0.5) is 21.7 Å². The summed E-state index contributed by atoms with van der Waals surface area (Å²) in [6, 6.07) is 7.72. The molecule has 11 heteroatoms. The van der Waals surface area contributed by atoms with E-state index in [1.807, 2.05) is 26.2 Å². The number of likely N-dealkylation sites (tertiary alicyclic amines) is 1. The Kier molecular flexibility index (Phi) is 7.33. The summed E-state index contributed by atoms with van der Waals surface area (Å²) in [6.07, 6.45) is 7.89. The fraction of sp³-hybridized carbons (Fsp3) is 0.529. The number of ether oxygens (including phenoxy) is 1. The highest BCUT2D eigenvalue weighted by Gasteiger charge is 2.49. The minimum atomic E-state index is -0.627. The van der Waals surface area contributed by atoms with Crippen molar-refractivity contribution in [3.05, 3.63) is 63.7 Å². The average Bonchev–Trinajstić information content (AvgIpc) is 3.78. The highest BCUT2D eigenvalue weighted by Crippen LogP contribution is 2.50. The number of halogens is 1. The fourth-order valence-electron chi connectivity index (χ4n) is 7.72. The molecule has 4 heterocycles. The second-order valence-corrected chi connectivity index (χ2v) is 13.6. The number of aromatic nitrogens is 3. The summed E-state index contributed by atoms with van der Waals surface area (Å²) < 4.78 is 21.9. The Hall–Kier alpha value is -4.01. The molecule has 1 spiro atoms. The predicted molar refractivity (Wildman–Crippen MR) is 171 cm³/mol. The molecule has 0 radical (unpaired) electrons. The van der Waals surface area contributed by atoms with Gasteiger partial charge in [-0.25, -0.2) is 9.37 Å². The van der Waals surface area contributed by atoms with E-state index >= 15 is 4.39 Å². The van der Waals surface area contributed by atoms with Gasteiger partial charge in [0.1, 0.15) is 23.5 Å². The van der Waals surface area contributed by atoms with E-state index in [2.05, 4.69) is 32.7 Å². The number of fused-ring (bicyclic) bond motifs is 3. The molecule has 0 unspecified atom stereocenters. The van der Waals surface area contributed by atoms with Crippen molar-refractivity contribution in [2.75, 3.05) is 56.7 Å². The van der Waals surface area contributed by atoms with Crippen LogP contribution in [0.25, 0.3) is 0 Å². The number of pyridine rings is 1. The first-order valence-electron chi connectivity index (χ1n) is 16.1. The molecule has 2 aliphatic heterocycles. The van der Waals surface area contributed by atoms with Gasteiger partial charge in [-0.2, -0.15) is 15.2 Å². The first-order valence-corrected chi connectivity index (χ1v) is 16.1. The van der Waals surface area contributed by atoms with Gasteiger partial charge < -0.3 is 26.0 Å². The van der Waals surface area contributed by atoms with Crippen LogP contribution in [-0.4, -0.2) is 65.1 Å². The fourth-order valence-corrected chi connectivity index (χ4v) is 7.72. The van der Waals surface area contributed by atoms with Gasteiger partial charge in [0.15, 0.2) is 0 Å². The average molecular weight is 612 g/mol. The lowest BCUT2D eigenvalue weighted by Gasteiger charge is -2.50. The van der Waals surface area contributed by atoms with Gasteiger partial charge in [0.2, 0.25) is 0 Å². The highest BCUT2D eigenvalue weighted by atomic mass is 19.1. The number of rotatable bonds is 8. The molecule has 2 aliphatic carbocycles. The number of benzene rings is 1. The number of nitrogen functional groups attached to an aromatic ring is 2. The number of anilines is 3. The smallest absolute Gasteiger partial charge is 0.318 e. The SMILES string of the molecule is C[C@H](c1cccnc1N)N(C)c1nc(OCC2(CN3CCC3)CC2)nc2c1CN(C)[C@@]1(CCCc3c(F)cc(N)c(C#N)c31)C2. The molecule has 1 saturated carbocycles. The van der Waals surface area contributed by atoms with Crippen LogP contribution in [0.2, 0.25) is 0 Å². The second-order valence-electron chi connectivity index (χ2n) is 13.6. The minimum Gasteiger partial charge on any atom is -0.463 e. The lowest BCUT2D eigenvalue weighted by atomic mass is 9.68. The van der Waals surface area contributed by atoms with E-state index in [0.29, 0.717) is 54.5 Å². The maximum atomic E-state index is 15.4. The van der Waals surface area contributed by atoms with Gasteiger partial charge in [-0.15, -0.1) is 0 Å². The summed E-state index contributed by atoms with van der Waals surface area (Å²) in [5.74, 6) is 0.915. The molecule has 4 N–H and O–H groups in total. The van der Waals surface area contributed by atoms with E-state index in [1.165, 1.54) is 12.5 Å². The molecule has 10 nitrogen and oxygen atoms in total.